The average Bonchev–Trinajstić information content (AvgIpc) is 2.12. The summed E-state index contributed by atoms with van der Waals surface area (Å²) in [4.78, 5) is 21.9. The fourth-order valence-corrected chi connectivity index (χ4v) is 0.622. The summed E-state index contributed by atoms with van der Waals surface area (Å²) in [6, 6.07) is 0. The van der Waals surface area contributed by atoms with Gasteiger partial charge in [-0.2, -0.15) is 0 Å². The molecule has 1 unspecified atom stereocenters. The lowest BCUT2D eigenvalue weighted by atomic mass is 9.95. The molecule has 82 valence electrons. The van der Waals surface area contributed by atoms with E-state index >= 15 is 0 Å². The molecule has 4 heteroatoms. The van der Waals surface area contributed by atoms with Gasteiger partial charge in [-0.3, -0.25) is 9.59 Å². The highest BCUT2D eigenvalue weighted by molar-refractivity contribution is 5.75. The maximum absolute atomic E-state index is 11.2. The zero-order valence-corrected chi connectivity index (χ0v) is 9.16. The van der Waals surface area contributed by atoms with Crippen LogP contribution >= 0.6 is 0 Å². The molecule has 1 atom stereocenters. The van der Waals surface area contributed by atoms with E-state index in [0.29, 0.717) is 6.42 Å². The van der Waals surface area contributed by atoms with Gasteiger partial charge >= 0.3 is 11.9 Å². The summed E-state index contributed by atoms with van der Waals surface area (Å²) in [5.74, 6) is -1.46. The molecule has 0 amide bonds. The minimum atomic E-state index is -1.01. The molecule has 0 aliphatic carbocycles. The maximum atomic E-state index is 11.2. The van der Waals surface area contributed by atoms with E-state index in [1.54, 1.807) is 6.92 Å². The molecule has 0 rings (SSSR count). The third-order valence-corrected chi connectivity index (χ3v) is 2.17. The number of carboxylic acids is 1. The summed E-state index contributed by atoms with van der Waals surface area (Å²) in [5.41, 5.74) is -1.01. The Hall–Kier alpha value is -1.06. The van der Waals surface area contributed by atoms with Crippen LogP contribution in [0.15, 0.2) is 0 Å². The van der Waals surface area contributed by atoms with Gasteiger partial charge in [0.2, 0.25) is 0 Å². The number of carboxylic acid groups (broad SMARTS) is 1. The minimum Gasteiger partial charge on any atom is -0.481 e. The predicted molar refractivity (Wildman–Crippen MR) is 51.8 cm³/mol. The van der Waals surface area contributed by atoms with Crippen molar-refractivity contribution >= 4 is 11.9 Å². The second kappa shape index (κ2) is 4.98. The summed E-state index contributed by atoms with van der Waals surface area (Å²) >= 11 is 0. The molecule has 0 saturated carbocycles. The largest absolute Gasteiger partial charge is 0.481 e. The number of esters is 1. The molecule has 14 heavy (non-hydrogen) atoms. The lowest BCUT2D eigenvalue weighted by Crippen LogP contribution is -2.31. The standard InChI is InChI=1S/C10H18O4/c1-5-7(2)8(11)14-6-10(3,4)9(12)13/h7H,5-6H2,1-4H3,(H,12,13). The fourth-order valence-electron chi connectivity index (χ4n) is 0.622. The zero-order chi connectivity index (χ0) is 11.4. The quantitative estimate of drug-likeness (QED) is 0.689. The van der Waals surface area contributed by atoms with Crippen molar-refractivity contribution in [3.8, 4) is 0 Å². The molecule has 0 heterocycles. The average molecular weight is 202 g/mol. The fraction of sp³-hybridized carbons (Fsp3) is 0.800. The van der Waals surface area contributed by atoms with Crippen LogP contribution in [0.25, 0.3) is 0 Å². The summed E-state index contributed by atoms with van der Waals surface area (Å²) < 4.78 is 4.90. The van der Waals surface area contributed by atoms with E-state index in [1.165, 1.54) is 13.8 Å². The van der Waals surface area contributed by atoms with Gasteiger partial charge in [0.05, 0.1) is 11.3 Å². The highest BCUT2D eigenvalue weighted by Crippen LogP contribution is 2.16. The second-order valence-electron chi connectivity index (χ2n) is 4.11. The number of hydrogen-bond acceptors (Lipinski definition) is 3. The Kier molecular flexibility index (Phi) is 4.60. The van der Waals surface area contributed by atoms with Crippen LogP contribution in [0.2, 0.25) is 0 Å². The third kappa shape index (κ3) is 3.77. The monoisotopic (exact) mass is 202 g/mol. The van der Waals surface area contributed by atoms with E-state index in [4.69, 9.17) is 9.84 Å². The molecule has 0 aromatic rings. The van der Waals surface area contributed by atoms with Crippen molar-refractivity contribution in [3.63, 3.8) is 0 Å². The van der Waals surface area contributed by atoms with Crippen LogP contribution in [0.3, 0.4) is 0 Å². The van der Waals surface area contributed by atoms with Crippen molar-refractivity contribution in [3.05, 3.63) is 0 Å². The Labute approximate surface area is 84.3 Å². The summed E-state index contributed by atoms with van der Waals surface area (Å²) in [5, 5.41) is 8.76. The molecule has 0 fully saturated rings. The van der Waals surface area contributed by atoms with Crippen LogP contribution in [-0.2, 0) is 14.3 Å². The smallest absolute Gasteiger partial charge is 0.312 e. The van der Waals surface area contributed by atoms with E-state index in [-0.39, 0.29) is 18.5 Å². The zero-order valence-electron chi connectivity index (χ0n) is 9.16. The van der Waals surface area contributed by atoms with Crippen molar-refractivity contribution < 1.29 is 19.4 Å². The summed E-state index contributed by atoms with van der Waals surface area (Å²) in [6.45, 7) is 6.62. The van der Waals surface area contributed by atoms with Crippen molar-refractivity contribution in [2.24, 2.45) is 11.3 Å². The summed E-state index contributed by atoms with van der Waals surface area (Å²) in [6.07, 6.45) is 0.701. The highest BCUT2D eigenvalue weighted by atomic mass is 16.5. The number of carbonyl (C=O) groups is 2. The third-order valence-electron chi connectivity index (χ3n) is 2.17. The molecule has 0 aliphatic heterocycles. The first-order valence-corrected chi connectivity index (χ1v) is 4.71. The topological polar surface area (TPSA) is 63.6 Å². The molecule has 0 bridgehead atoms. The lowest BCUT2D eigenvalue weighted by Gasteiger charge is -2.19. The first-order chi connectivity index (χ1) is 6.31. The number of aliphatic carboxylic acids is 1. The van der Waals surface area contributed by atoms with Gasteiger partial charge in [-0.25, -0.2) is 0 Å². The predicted octanol–water partition coefficient (Wildman–Crippen LogP) is 1.69. The number of rotatable bonds is 5. The molecular formula is C10H18O4. The van der Waals surface area contributed by atoms with Crippen LogP contribution < -0.4 is 0 Å². The molecule has 0 aromatic heterocycles. The van der Waals surface area contributed by atoms with Gasteiger partial charge in [-0.15, -0.1) is 0 Å². The first kappa shape index (κ1) is 12.9. The summed E-state index contributed by atoms with van der Waals surface area (Å²) in [7, 11) is 0. The first-order valence-electron chi connectivity index (χ1n) is 4.71. The van der Waals surface area contributed by atoms with E-state index in [1.807, 2.05) is 6.92 Å². The number of carbonyl (C=O) groups excluding carboxylic acids is 1. The normalized spacial score (nSPS) is 13.4. The minimum absolute atomic E-state index is 0.0779. The molecule has 0 saturated heterocycles. The van der Waals surface area contributed by atoms with Gasteiger partial charge in [-0.05, 0) is 20.3 Å². The Morgan fingerprint density at radius 1 is 1.43 bits per heavy atom. The molecule has 0 spiro atoms. The van der Waals surface area contributed by atoms with Gasteiger partial charge in [0.15, 0.2) is 0 Å². The van der Waals surface area contributed by atoms with Gasteiger partial charge in [0.1, 0.15) is 6.61 Å². The molecule has 0 radical (unpaired) electrons. The number of hydrogen-bond donors (Lipinski definition) is 1. The van der Waals surface area contributed by atoms with Gasteiger partial charge in [0.25, 0.3) is 0 Å². The molecule has 0 aromatic carbocycles. The Morgan fingerprint density at radius 3 is 2.29 bits per heavy atom. The molecule has 1 N–H and O–H groups in total. The van der Waals surface area contributed by atoms with E-state index in [2.05, 4.69) is 0 Å². The lowest BCUT2D eigenvalue weighted by molar-refractivity contribution is -0.159. The van der Waals surface area contributed by atoms with Gasteiger partial charge < -0.3 is 9.84 Å². The van der Waals surface area contributed by atoms with Gasteiger partial charge in [-0.1, -0.05) is 13.8 Å². The number of ether oxygens (including phenoxy) is 1. The van der Waals surface area contributed by atoms with Crippen molar-refractivity contribution in [2.75, 3.05) is 6.61 Å². The molecule has 0 aliphatic rings. The van der Waals surface area contributed by atoms with Crippen LogP contribution in [0, 0.1) is 11.3 Å². The van der Waals surface area contributed by atoms with E-state index in [9.17, 15) is 9.59 Å². The van der Waals surface area contributed by atoms with Crippen LogP contribution in [0.4, 0.5) is 0 Å². The molecule has 4 nitrogen and oxygen atoms in total. The second-order valence-corrected chi connectivity index (χ2v) is 4.11. The maximum Gasteiger partial charge on any atom is 0.312 e. The molecular weight excluding hydrogens is 184 g/mol. The van der Waals surface area contributed by atoms with E-state index in [0.717, 1.165) is 0 Å². The van der Waals surface area contributed by atoms with Crippen molar-refractivity contribution in [1.29, 1.82) is 0 Å². The highest BCUT2D eigenvalue weighted by Gasteiger charge is 2.29. The van der Waals surface area contributed by atoms with Crippen LogP contribution in [0.5, 0.6) is 0 Å². The van der Waals surface area contributed by atoms with Gasteiger partial charge in [0, 0.05) is 0 Å². The SMILES string of the molecule is CCC(C)C(=O)OCC(C)(C)C(=O)O. The Bertz CT molecular complexity index is 220. The van der Waals surface area contributed by atoms with Crippen molar-refractivity contribution in [2.45, 2.75) is 34.1 Å². The van der Waals surface area contributed by atoms with Crippen LogP contribution in [0.1, 0.15) is 34.1 Å². The van der Waals surface area contributed by atoms with Crippen LogP contribution in [-0.4, -0.2) is 23.7 Å². The Morgan fingerprint density at radius 2 is 1.93 bits per heavy atom. The Balaban J connectivity index is 4.06. The van der Waals surface area contributed by atoms with E-state index < -0.39 is 11.4 Å². The van der Waals surface area contributed by atoms with Crippen molar-refractivity contribution in [1.82, 2.24) is 0 Å².